The Balaban J connectivity index is 1.98. The number of thiophene rings is 1. The summed E-state index contributed by atoms with van der Waals surface area (Å²) < 4.78 is 2.30. The molecule has 0 atom stereocenters. The number of aryl methyl sites for hydroxylation is 2. The van der Waals surface area contributed by atoms with E-state index in [1.165, 1.54) is 32.6 Å². The van der Waals surface area contributed by atoms with Crippen LogP contribution in [0.4, 0.5) is 11.4 Å². The first-order valence-electron chi connectivity index (χ1n) is 8.25. The van der Waals surface area contributed by atoms with Crippen LogP contribution in [0.3, 0.4) is 0 Å². The molecule has 0 amide bonds. The molecule has 0 saturated heterocycles. The first-order chi connectivity index (χ1) is 12.1. The molecule has 0 spiro atoms. The Morgan fingerprint density at radius 2 is 1.60 bits per heavy atom. The maximum absolute atomic E-state index is 9.43. The van der Waals surface area contributed by atoms with Crippen LogP contribution >= 0.6 is 11.3 Å². The van der Waals surface area contributed by atoms with Crippen molar-refractivity contribution < 1.29 is 0 Å². The minimum atomic E-state index is 0.749. The molecule has 0 unspecified atom stereocenters. The average Bonchev–Trinajstić information content (AvgIpc) is 3.00. The summed E-state index contributed by atoms with van der Waals surface area (Å²) >= 11 is 1.71. The zero-order valence-electron chi connectivity index (χ0n) is 14.5. The van der Waals surface area contributed by atoms with Crippen molar-refractivity contribution in [2.45, 2.75) is 13.8 Å². The van der Waals surface area contributed by atoms with E-state index in [9.17, 15) is 5.26 Å². The monoisotopic (exact) mass is 342 g/mol. The van der Waals surface area contributed by atoms with Gasteiger partial charge in [-0.3, -0.25) is 0 Å². The van der Waals surface area contributed by atoms with Gasteiger partial charge in [0.2, 0.25) is 0 Å². The molecule has 0 saturated carbocycles. The zero-order valence-corrected chi connectivity index (χ0v) is 15.3. The lowest BCUT2D eigenvalue weighted by molar-refractivity contribution is 1.19. The zero-order chi connectivity index (χ0) is 17.6. The van der Waals surface area contributed by atoms with Crippen LogP contribution in [0.2, 0.25) is 0 Å². The Kier molecular flexibility index (Phi) is 3.71. The standard InChI is InChI=1S/C22H18N2S/c1-14-10-11-19(15(2)12-14)24(3)20-9-5-8-18-17-7-4-6-16(13-23)21(17)25-22(18)20/h4-12H,1-3H3. The summed E-state index contributed by atoms with van der Waals surface area (Å²) in [5.74, 6) is 0. The van der Waals surface area contributed by atoms with E-state index in [0.717, 1.165) is 15.6 Å². The number of nitrogens with zero attached hydrogens (tertiary/aromatic N) is 2. The molecule has 25 heavy (non-hydrogen) atoms. The lowest BCUT2D eigenvalue weighted by atomic mass is 10.1. The molecule has 4 aromatic rings. The minimum Gasteiger partial charge on any atom is -0.343 e. The highest BCUT2D eigenvalue weighted by Crippen LogP contribution is 2.42. The van der Waals surface area contributed by atoms with Gasteiger partial charge in [0.25, 0.3) is 0 Å². The van der Waals surface area contributed by atoms with Crippen molar-refractivity contribution >= 4 is 42.9 Å². The molecule has 0 aliphatic heterocycles. The molecular formula is C22H18N2S. The molecular weight excluding hydrogens is 324 g/mol. The Hall–Kier alpha value is -2.83. The molecule has 2 nitrogen and oxygen atoms in total. The maximum Gasteiger partial charge on any atom is 0.101 e. The molecule has 1 aromatic heterocycles. The summed E-state index contributed by atoms with van der Waals surface area (Å²) in [7, 11) is 2.11. The van der Waals surface area contributed by atoms with Gasteiger partial charge in [-0.15, -0.1) is 11.3 Å². The number of anilines is 2. The van der Waals surface area contributed by atoms with E-state index >= 15 is 0 Å². The summed E-state index contributed by atoms with van der Waals surface area (Å²) in [6, 6.07) is 21.2. The Bertz CT molecular complexity index is 1150. The van der Waals surface area contributed by atoms with Crippen molar-refractivity contribution in [2.75, 3.05) is 11.9 Å². The highest BCUT2D eigenvalue weighted by atomic mass is 32.1. The van der Waals surface area contributed by atoms with Crippen molar-refractivity contribution in [3.63, 3.8) is 0 Å². The predicted octanol–water partition coefficient (Wildman–Crippen LogP) is 6.31. The molecule has 0 aliphatic carbocycles. The van der Waals surface area contributed by atoms with Gasteiger partial charge in [0, 0.05) is 23.5 Å². The number of hydrogen-bond donors (Lipinski definition) is 0. The lowest BCUT2D eigenvalue weighted by Crippen LogP contribution is -2.10. The van der Waals surface area contributed by atoms with E-state index in [4.69, 9.17) is 0 Å². The van der Waals surface area contributed by atoms with Crippen LogP contribution in [0.5, 0.6) is 0 Å². The van der Waals surface area contributed by atoms with E-state index in [2.05, 4.69) is 74.3 Å². The third kappa shape index (κ3) is 2.47. The number of benzene rings is 3. The quantitative estimate of drug-likeness (QED) is 0.427. The van der Waals surface area contributed by atoms with Gasteiger partial charge in [-0.1, -0.05) is 42.0 Å². The fraction of sp³-hybridized carbons (Fsp3) is 0.136. The van der Waals surface area contributed by atoms with Gasteiger partial charge in [0.15, 0.2) is 0 Å². The van der Waals surface area contributed by atoms with Gasteiger partial charge in [-0.2, -0.15) is 5.26 Å². The van der Waals surface area contributed by atoms with Crippen LogP contribution in [0.1, 0.15) is 16.7 Å². The highest BCUT2D eigenvalue weighted by molar-refractivity contribution is 7.26. The van der Waals surface area contributed by atoms with E-state index in [1.807, 2.05) is 12.1 Å². The Labute approximate surface area is 151 Å². The van der Waals surface area contributed by atoms with Crippen molar-refractivity contribution in [3.05, 3.63) is 71.3 Å². The second kappa shape index (κ2) is 5.91. The van der Waals surface area contributed by atoms with Gasteiger partial charge >= 0.3 is 0 Å². The minimum absolute atomic E-state index is 0.749. The topological polar surface area (TPSA) is 27.0 Å². The number of nitriles is 1. The molecule has 3 heteroatoms. The Morgan fingerprint density at radius 3 is 2.32 bits per heavy atom. The van der Waals surface area contributed by atoms with Crippen molar-refractivity contribution in [3.8, 4) is 6.07 Å². The number of rotatable bonds is 2. The Morgan fingerprint density at radius 1 is 0.880 bits per heavy atom. The molecule has 0 fully saturated rings. The molecule has 3 aromatic carbocycles. The largest absolute Gasteiger partial charge is 0.343 e. The van der Waals surface area contributed by atoms with Gasteiger partial charge in [-0.05, 0) is 37.6 Å². The summed E-state index contributed by atoms with van der Waals surface area (Å²) in [5, 5.41) is 11.8. The van der Waals surface area contributed by atoms with Crippen molar-refractivity contribution in [1.82, 2.24) is 0 Å². The summed E-state index contributed by atoms with van der Waals surface area (Å²) in [6.45, 7) is 4.27. The summed E-state index contributed by atoms with van der Waals surface area (Å²) in [5.41, 5.74) is 5.66. The highest BCUT2D eigenvalue weighted by Gasteiger charge is 2.15. The van der Waals surface area contributed by atoms with Crippen LogP contribution in [0.25, 0.3) is 20.2 Å². The first kappa shape index (κ1) is 15.7. The maximum atomic E-state index is 9.43. The van der Waals surface area contributed by atoms with E-state index in [1.54, 1.807) is 11.3 Å². The molecule has 0 radical (unpaired) electrons. The van der Waals surface area contributed by atoms with Crippen molar-refractivity contribution in [2.24, 2.45) is 0 Å². The average molecular weight is 342 g/mol. The van der Waals surface area contributed by atoms with Crippen LogP contribution in [0.15, 0.2) is 54.6 Å². The van der Waals surface area contributed by atoms with Crippen LogP contribution in [0, 0.1) is 25.2 Å². The molecule has 0 bridgehead atoms. The second-order valence-corrected chi connectivity index (χ2v) is 7.42. The van der Waals surface area contributed by atoms with Gasteiger partial charge in [-0.25, -0.2) is 0 Å². The SMILES string of the molecule is Cc1ccc(N(C)c2cccc3c2sc2c(C#N)cccc23)c(C)c1. The van der Waals surface area contributed by atoms with Crippen LogP contribution in [-0.2, 0) is 0 Å². The van der Waals surface area contributed by atoms with Gasteiger partial charge in [0.1, 0.15) is 6.07 Å². The summed E-state index contributed by atoms with van der Waals surface area (Å²) in [4.78, 5) is 2.25. The molecule has 4 rings (SSSR count). The molecule has 0 N–H and O–H groups in total. The third-order valence-electron chi connectivity index (χ3n) is 4.70. The smallest absolute Gasteiger partial charge is 0.101 e. The summed E-state index contributed by atoms with van der Waals surface area (Å²) in [6.07, 6.45) is 0. The van der Waals surface area contributed by atoms with Crippen LogP contribution in [-0.4, -0.2) is 7.05 Å². The van der Waals surface area contributed by atoms with E-state index < -0.39 is 0 Å². The first-order valence-corrected chi connectivity index (χ1v) is 9.07. The molecule has 122 valence electrons. The van der Waals surface area contributed by atoms with Crippen LogP contribution < -0.4 is 4.90 Å². The fourth-order valence-corrected chi connectivity index (χ4v) is 4.78. The molecule has 1 heterocycles. The number of fused-ring (bicyclic) bond motifs is 3. The normalized spacial score (nSPS) is 11.0. The van der Waals surface area contributed by atoms with Gasteiger partial charge in [0.05, 0.1) is 20.7 Å². The lowest BCUT2D eigenvalue weighted by Gasteiger charge is -2.22. The van der Waals surface area contributed by atoms with Gasteiger partial charge < -0.3 is 4.90 Å². The predicted molar refractivity (Wildman–Crippen MR) is 108 cm³/mol. The third-order valence-corrected chi connectivity index (χ3v) is 5.98. The fourth-order valence-electron chi connectivity index (χ4n) is 3.47. The van der Waals surface area contributed by atoms with E-state index in [0.29, 0.717) is 0 Å². The molecule has 0 aliphatic rings. The number of hydrogen-bond acceptors (Lipinski definition) is 3. The van der Waals surface area contributed by atoms with Crippen molar-refractivity contribution in [1.29, 1.82) is 5.26 Å². The second-order valence-electron chi connectivity index (χ2n) is 6.40. The van der Waals surface area contributed by atoms with E-state index in [-0.39, 0.29) is 0 Å².